The highest BCUT2D eigenvalue weighted by molar-refractivity contribution is 8.17. The highest BCUT2D eigenvalue weighted by Gasteiger charge is 2.58. The fourth-order valence-corrected chi connectivity index (χ4v) is 6.68. The first-order chi connectivity index (χ1) is 17.5. The molecule has 1 aromatic carbocycles. The van der Waals surface area contributed by atoms with Crippen molar-refractivity contribution in [1.29, 1.82) is 0 Å². The average molecular weight is 532 g/mol. The largest absolute Gasteiger partial charge is 0.444 e. The first-order valence-corrected chi connectivity index (χ1v) is 13.9. The van der Waals surface area contributed by atoms with E-state index in [0.717, 1.165) is 41.5 Å². The molecule has 1 saturated heterocycles. The molecule has 1 saturated carbocycles. The maximum atomic E-state index is 13.7. The molecule has 200 valence electrons. The van der Waals surface area contributed by atoms with Gasteiger partial charge in [-0.25, -0.2) is 18.6 Å². The van der Waals surface area contributed by atoms with Crippen molar-refractivity contribution >= 4 is 39.5 Å². The molecule has 7 nitrogen and oxygen atoms in total. The number of aromatic nitrogens is 1. The van der Waals surface area contributed by atoms with Crippen LogP contribution < -0.4 is 13.5 Å². The van der Waals surface area contributed by atoms with Crippen molar-refractivity contribution in [2.45, 2.75) is 45.6 Å². The fraction of sp³-hybridized carbons (Fsp3) is 0.519. The summed E-state index contributed by atoms with van der Waals surface area (Å²) in [4.78, 5) is 21.4. The number of fused-ring (bicyclic) bond motifs is 1. The summed E-state index contributed by atoms with van der Waals surface area (Å²) in [7, 11) is 1.56. The van der Waals surface area contributed by atoms with E-state index in [2.05, 4.69) is 31.0 Å². The van der Waals surface area contributed by atoms with Gasteiger partial charge in [-0.2, -0.15) is 0 Å². The minimum atomic E-state index is -2.55. The van der Waals surface area contributed by atoms with Crippen LogP contribution in [0.15, 0.2) is 36.4 Å². The third kappa shape index (κ3) is 5.26. The summed E-state index contributed by atoms with van der Waals surface area (Å²) >= 11 is 0. The van der Waals surface area contributed by atoms with Crippen LogP contribution in [-0.2, 0) is 4.74 Å². The first-order valence-electron chi connectivity index (χ1n) is 12.7. The monoisotopic (exact) mass is 531 g/mol. The zero-order valence-electron chi connectivity index (χ0n) is 22.1. The second kappa shape index (κ2) is 9.45. The molecular weight excluding hydrogens is 496 g/mol. The zero-order valence-corrected chi connectivity index (χ0v) is 22.9. The quantitative estimate of drug-likeness (QED) is 0.476. The number of rotatable bonds is 4. The highest BCUT2D eigenvalue weighted by atomic mass is 32.2. The molecule has 1 aliphatic carbocycles. The smallest absolute Gasteiger partial charge is 0.410 e. The summed E-state index contributed by atoms with van der Waals surface area (Å²) in [6.45, 7) is 10.6. The Morgan fingerprint density at radius 1 is 1.19 bits per heavy atom. The van der Waals surface area contributed by atoms with E-state index in [4.69, 9.17) is 9.72 Å². The third-order valence-corrected chi connectivity index (χ3v) is 8.87. The van der Waals surface area contributed by atoms with E-state index in [1.807, 2.05) is 59.0 Å². The van der Waals surface area contributed by atoms with Crippen LogP contribution in [0.2, 0.25) is 0 Å². The Kier molecular flexibility index (Phi) is 6.58. The number of hydrogen-bond acceptors (Lipinski definition) is 6. The number of amides is 1. The summed E-state index contributed by atoms with van der Waals surface area (Å²) in [5, 5.41) is 2.05. The Morgan fingerprint density at radius 2 is 1.89 bits per heavy atom. The predicted molar refractivity (Wildman–Crippen MR) is 148 cm³/mol. The van der Waals surface area contributed by atoms with Gasteiger partial charge in [-0.15, -0.1) is 0 Å². The molecule has 3 heterocycles. The molecule has 1 amide bonds. The van der Waals surface area contributed by atoms with E-state index in [1.165, 1.54) is 0 Å². The molecular formula is C27H35F2N5O2S. The van der Waals surface area contributed by atoms with Crippen LogP contribution in [0.25, 0.3) is 11.3 Å². The van der Waals surface area contributed by atoms with Crippen LogP contribution in [0.1, 0.15) is 34.1 Å². The standard InChI is InChI=1S/C27H35F2N5O2S/c1-6-37-31(5)24-23(34(37)18-20-17-27(20,28)29)11-10-22(30-24)19-8-7-9-21(16-19)32-12-14-33(15-13-32)25(35)36-26(2,3)4/h6-11,16,20H,12-15,17-18H2,1-5H3. The van der Waals surface area contributed by atoms with Crippen LogP contribution in [0.3, 0.4) is 0 Å². The minimum absolute atomic E-state index is 0.0339. The maximum absolute atomic E-state index is 13.7. The SMILES string of the molecule is CC=S1N(C)c2nc(-c3cccc(N4CCN(C(=O)OC(C)(C)C)CC4)c3)ccc2N1CC1CC1(F)F. The van der Waals surface area contributed by atoms with E-state index >= 15 is 0 Å². The van der Waals surface area contributed by atoms with Gasteiger partial charge in [-0.1, -0.05) is 12.1 Å². The van der Waals surface area contributed by atoms with Gasteiger partial charge in [0.2, 0.25) is 0 Å². The first kappa shape index (κ1) is 25.8. The predicted octanol–water partition coefficient (Wildman–Crippen LogP) is 5.64. The molecule has 2 aliphatic heterocycles. The summed E-state index contributed by atoms with van der Waals surface area (Å²) in [6.07, 6.45) is -0.302. The summed E-state index contributed by atoms with van der Waals surface area (Å²) in [6, 6.07) is 12.3. The van der Waals surface area contributed by atoms with Crippen LogP contribution in [0.5, 0.6) is 0 Å². The van der Waals surface area contributed by atoms with Crippen LogP contribution in [0, 0.1) is 5.92 Å². The van der Waals surface area contributed by atoms with Crippen molar-refractivity contribution in [2.75, 3.05) is 53.3 Å². The van der Waals surface area contributed by atoms with Crippen molar-refractivity contribution in [1.82, 2.24) is 9.88 Å². The van der Waals surface area contributed by atoms with Gasteiger partial charge < -0.3 is 18.8 Å². The van der Waals surface area contributed by atoms with E-state index in [0.29, 0.717) is 19.6 Å². The van der Waals surface area contributed by atoms with E-state index < -0.39 is 28.3 Å². The third-order valence-electron chi connectivity index (χ3n) is 6.92. The minimum Gasteiger partial charge on any atom is -0.444 e. The number of benzene rings is 1. The zero-order chi connectivity index (χ0) is 26.5. The summed E-state index contributed by atoms with van der Waals surface area (Å²) in [5.41, 5.74) is 3.32. The normalized spacial score (nSPS) is 22.9. The van der Waals surface area contributed by atoms with E-state index in [1.54, 1.807) is 4.90 Å². The molecule has 0 N–H and O–H groups in total. The lowest BCUT2D eigenvalue weighted by atomic mass is 10.1. The number of piperazine rings is 1. The number of carbonyl (C=O) groups is 1. The Balaban J connectivity index is 1.31. The Bertz CT molecular complexity index is 1220. The molecule has 0 spiro atoms. The molecule has 10 heteroatoms. The number of alkyl halides is 2. The van der Waals surface area contributed by atoms with Gasteiger partial charge >= 0.3 is 6.09 Å². The average Bonchev–Trinajstić information content (AvgIpc) is 3.38. The number of carbonyl (C=O) groups excluding carboxylic acids is 1. The van der Waals surface area contributed by atoms with Crippen LogP contribution >= 0.6 is 10.9 Å². The van der Waals surface area contributed by atoms with Crippen LogP contribution in [-0.4, -0.2) is 72.6 Å². The van der Waals surface area contributed by atoms with Crippen LogP contribution in [0.4, 0.5) is 30.8 Å². The van der Waals surface area contributed by atoms with Gasteiger partial charge in [0, 0.05) is 74.2 Å². The molecule has 0 bridgehead atoms. The van der Waals surface area contributed by atoms with E-state index in [9.17, 15) is 13.6 Å². The molecule has 5 rings (SSSR count). The number of anilines is 3. The molecule has 1 aromatic heterocycles. The topological polar surface area (TPSA) is 52.2 Å². The summed E-state index contributed by atoms with van der Waals surface area (Å²) in [5.74, 6) is -2.32. The Morgan fingerprint density at radius 3 is 2.51 bits per heavy atom. The Labute approximate surface area is 220 Å². The van der Waals surface area contributed by atoms with Gasteiger partial charge in [-0.3, -0.25) is 4.31 Å². The second-order valence-corrected chi connectivity index (χ2v) is 12.8. The van der Waals surface area contributed by atoms with Gasteiger partial charge in [0.05, 0.1) is 11.4 Å². The van der Waals surface area contributed by atoms with Gasteiger partial charge in [0.1, 0.15) is 5.60 Å². The molecule has 37 heavy (non-hydrogen) atoms. The second-order valence-electron chi connectivity index (χ2n) is 10.8. The number of pyridine rings is 1. The molecule has 2 aromatic rings. The lowest BCUT2D eigenvalue weighted by molar-refractivity contribution is 0.0240. The summed E-state index contributed by atoms with van der Waals surface area (Å²) < 4.78 is 37.0. The van der Waals surface area contributed by atoms with Crippen molar-refractivity contribution in [2.24, 2.45) is 5.92 Å². The van der Waals surface area contributed by atoms with Crippen molar-refractivity contribution < 1.29 is 18.3 Å². The highest BCUT2D eigenvalue weighted by Crippen LogP contribution is 2.54. The fourth-order valence-electron chi connectivity index (χ4n) is 4.83. The maximum Gasteiger partial charge on any atom is 0.410 e. The molecule has 2 atom stereocenters. The lowest BCUT2D eigenvalue weighted by Crippen LogP contribution is -2.50. The lowest BCUT2D eigenvalue weighted by Gasteiger charge is -2.36. The van der Waals surface area contributed by atoms with Crippen molar-refractivity contribution in [3.63, 3.8) is 0 Å². The Hall–Kier alpha value is -2.88. The van der Waals surface area contributed by atoms with Crippen molar-refractivity contribution in [3.8, 4) is 11.3 Å². The molecule has 2 fully saturated rings. The number of hydrogen-bond donors (Lipinski definition) is 0. The van der Waals surface area contributed by atoms with Gasteiger partial charge in [0.15, 0.2) is 5.82 Å². The number of halogens is 2. The number of nitrogens with zero attached hydrogens (tertiary/aromatic N) is 5. The molecule has 3 aliphatic rings. The van der Waals surface area contributed by atoms with Crippen molar-refractivity contribution in [3.05, 3.63) is 36.4 Å². The number of ether oxygens (including phenoxy) is 1. The molecule has 2 unspecified atom stereocenters. The van der Waals surface area contributed by atoms with Gasteiger partial charge in [-0.05, 0) is 57.3 Å². The van der Waals surface area contributed by atoms with Gasteiger partial charge in [0.25, 0.3) is 5.92 Å². The van der Waals surface area contributed by atoms with E-state index in [-0.39, 0.29) is 12.5 Å². The molecule has 0 radical (unpaired) electrons.